The van der Waals surface area contributed by atoms with E-state index in [-0.39, 0.29) is 28.7 Å². The van der Waals surface area contributed by atoms with Crippen molar-refractivity contribution in [2.24, 2.45) is 0 Å². The van der Waals surface area contributed by atoms with Crippen molar-refractivity contribution in [2.45, 2.75) is 0 Å². The molecule has 0 spiro atoms. The molecule has 0 aliphatic carbocycles. The molecule has 1 N–H and O–H groups in total. The van der Waals surface area contributed by atoms with Crippen molar-refractivity contribution >= 4 is 38.8 Å². The molecule has 3 aromatic rings. The largest absolute Gasteiger partial charge is 0.490 e. The normalized spacial score (nSPS) is 10.6. The van der Waals surface area contributed by atoms with Crippen LogP contribution in [-0.4, -0.2) is 40.2 Å². The van der Waals surface area contributed by atoms with E-state index in [0.717, 1.165) is 0 Å². The van der Waals surface area contributed by atoms with Crippen LogP contribution in [0.4, 0.5) is 5.69 Å². The Bertz CT molecular complexity index is 1090. The van der Waals surface area contributed by atoms with Gasteiger partial charge in [-0.2, -0.15) is 0 Å². The van der Waals surface area contributed by atoms with Crippen molar-refractivity contribution in [3.63, 3.8) is 0 Å². The van der Waals surface area contributed by atoms with Crippen molar-refractivity contribution in [3.8, 4) is 5.75 Å². The molecular formula is C17H13BrN4O5. The molecule has 0 aliphatic heterocycles. The summed E-state index contributed by atoms with van der Waals surface area (Å²) in [5.74, 6) is -0.640. The van der Waals surface area contributed by atoms with Gasteiger partial charge in [-0.3, -0.25) is 24.1 Å². The maximum Gasteiger partial charge on any atom is 0.310 e. The second kappa shape index (κ2) is 7.16. The molecule has 0 saturated carbocycles. The van der Waals surface area contributed by atoms with E-state index in [1.807, 2.05) is 0 Å². The Hall–Kier alpha value is -3.27. The van der Waals surface area contributed by atoms with Gasteiger partial charge < -0.3 is 10.1 Å². The Morgan fingerprint density at radius 1 is 1.26 bits per heavy atom. The van der Waals surface area contributed by atoms with E-state index in [0.29, 0.717) is 15.7 Å². The molecule has 2 aromatic heterocycles. The van der Waals surface area contributed by atoms with E-state index in [4.69, 9.17) is 4.74 Å². The Morgan fingerprint density at radius 2 is 2.00 bits per heavy atom. The summed E-state index contributed by atoms with van der Waals surface area (Å²) in [5.41, 5.74) is 0.903. The zero-order chi connectivity index (χ0) is 19.7. The smallest absolute Gasteiger partial charge is 0.310 e. The number of methoxy groups -OCH3 is 1. The van der Waals surface area contributed by atoms with Crippen LogP contribution < -0.4 is 10.1 Å². The number of nitro benzene ring substituents is 1. The monoisotopic (exact) mass is 432 g/mol. The van der Waals surface area contributed by atoms with E-state index in [1.54, 1.807) is 18.3 Å². The first-order valence-corrected chi connectivity index (χ1v) is 8.43. The molecule has 0 fully saturated rings. The number of ether oxygens (including phenoxy) is 1. The minimum absolute atomic E-state index is 0.0207. The van der Waals surface area contributed by atoms with Crippen LogP contribution in [0.3, 0.4) is 0 Å². The predicted octanol–water partition coefficient (Wildman–Crippen LogP) is 2.60. The summed E-state index contributed by atoms with van der Waals surface area (Å²) in [6.07, 6.45) is 1.56. The van der Waals surface area contributed by atoms with Crippen molar-refractivity contribution in [2.75, 3.05) is 14.2 Å². The minimum Gasteiger partial charge on any atom is -0.490 e. The van der Waals surface area contributed by atoms with Gasteiger partial charge in [-0.1, -0.05) is 0 Å². The zero-order valence-electron chi connectivity index (χ0n) is 14.2. The van der Waals surface area contributed by atoms with Crippen LogP contribution in [0.25, 0.3) is 5.52 Å². The highest BCUT2D eigenvalue weighted by Crippen LogP contribution is 2.29. The van der Waals surface area contributed by atoms with Crippen LogP contribution in [0, 0.1) is 10.1 Å². The van der Waals surface area contributed by atoms with Gasteiger partial charge in [0.1, 0.15) is 4.60 Å². The number of ketones is 1. The molecule has 1 aromatic carbocycles. The number of fused-ring (bicyclic) bond motifs is 1. The lowest BCUT2D eigenvalue weighted by Crippen LogP contribution is -2.18. The highest BCUT2D eigenvalue weighted by Gasteiger charge is 2.22. The van der Waals surface area contributed by atoms with Crippen LogP contribution in [0.1, 0.15) is 26.5 Å². The second-order valence-electron chi connectivity index (χ2n) is 5.45. The summed E-state index contributed by atoms with van der Waals surface area (Å²) in [6.45, 7) is 0. The fourth-order valence-electron chi connectivity index (χ4n) is 2.59. The molecule has 2 heterocycles. The number of rotatable bonds is 5. The minimum atomic E-state index is -0.588. The molecule has 0 radical (unpaired) electrons. The molecule has 0 atom stereocenters. The number of halogens is 1. The average Bonchev–Trinajstić information content (AvgIpc) is 3.02. The summed E-state index contributed by atoms with van der Waals surface area (Å²) < 4.78 is 6.93. The third kappa shape index (κ3) is 3.26. The van der Waals surface area contributed by atoms with Crippen LogP contribution in [0.15, 0.2) is 41.1 Å². The van der Waals surface area contributed by atoms with E-state index < -0.39 is 10.7 Å². The number of imidazole rings is 1. The lowest BCUT2D eigenvalue weighted by Gasteiger charge is -2.05. The summed E-state index contributed by atoms with van der Waals surface area (Å²) in [7, 11) is 2.81. The highest BCUT2D eigenvalue weighted by atomic mass is 79.9. The number of hydrogen-bond acceptors (Lipinski definition) is 6. The third-order valence-corrected chi connectivity index (χ3v) is 4.51. The molecule has 0 aliphatic rings. The third-order valence-electron chi connectivity index (χ3n) is 3.93. The maximum atomic E-state index is 12.9. The van der Waals surface area contributed by atoms with Gasteiger partial charge in [0.15, 0.2) is 11.6 Å². The first kappa shape index (κ1) is 18.5. The number of nitrogens with zero attached hydrogens (tertiary/aromatic N) is 3. The van der Waals surface area contributed by atoms with Gasteiger partial charge in [0.25, 0.3) is 5.91 Å². The molecule has 10 heteroatoms. The highest BCUT2D eigenvalue weighted by molar-refractivity contribution is 9.10. The van der Waals surface area contributed by atoms with Gasteiger partial charge in [0.05, 0.1) is 17.5 Å². The van der Waals surface area contributed by atoms with Crippen molar-refractivity contribution in [1.82, 2.24) is 14.7 Å². The number of hydrogen-bond donors (Lipinski definition) is 1. The molecule has 9 nitrogen and oxygen atoms in total. The quantitative estimate of drug-likeness (QED) is 0.376. The number of benzene rings is 1. The molecule has 0 bridgehead atoms. The molecule has 27 heavy (non-hydrogen) atoms. The lowest BCUT2D eigenvalue weighted by atomic mass is 10.1. The first-order chi connectivity index (χ1) is 12.9. The van der Waals surface area contributed by atoms with Gasteiger partial charge >= 0.3 is 5.69 Å². The summed E-state index contributed by atoms with van der Waals surface area (Å²) >= 11 is 3.29. The van der Waals surface area contributed by atoms with E-state index in [2.05, 4.69) is 26.2 Å². The Kier molecular flexibility index (Phi) is 4.91. The van der Waals surface area contributed by atoms with Gasteiger partial charge in [-0.15, -0.1) is 0 Å². The average molecular weight is 433 g/mol. The Morgan fingerprint density at radius 3 is 2.63 bits per heavy atom. The Labute approximate surface area is 161 Å². The summed E-state index contributed by atoms with van der Waals surface area (Å²) in [6, 6.07) is 7.02. The molecule has 3 rings (SSSR count). The number of nitrogens with one attached hydrogen (secondary N) is 1. The molecular weight excluding hydrogens is 420 g/mol. The number of aromatic nitrogens is 2. The van der Waals surface area contributed by atoms with Crippen molar-refractivity contribution in [3.05, 3.63) is 68.2 Å². The van der Waals surface area contributed by atoms with Crippen molar-refractivity contribution in [1.29, 1.82) is 0 Å². The fraction of sp³-hybridized carbons (Fsp3) is 0.118. The SMILES string of the molecule is CNC(=O)c1ccn2c(C(=O)c3ccc([N+](=O)[O-])c(OC)c3)nc(Br)c2c1. The van der Waals surface area contributed by atoms with Crippen LogP contribution in [0.2, 0.25) is 0 Å². The molecule has 1 amide bonds. The number of carbonyl (C=O) groups excluding carboxylic acids is 2. The van der Waals surface area contributed by atoms with Crippen LogP contribution in [-0.2, 0) is 0 Å². The number of nitro groups is 1. The standard InChI is InChI=1S/C17H13BrN4O5/c1-19-17(24)10-5-6-21-12(7-10)15(18)20-16(21)14(23)9-3-4-11(22(25)26)13(8-9)27-2/h3-8H,1-2H3,(H,19,24). The van der Waals surface area contributed by atoms with E-state index in [1.165, 1.54) is 36.8 Å². The summed E-state index contributed by atoms with van der Waals surface area (Å²) in [5, 5.41) is 13.5. The fourth-order valence-corrected chi connectivity index (χ4v) is 3.07. The number of pyridine rings is 1. The topological polar surface area (TPSA) is 116 Å². The molecule has 0 saturated heterocycles. The molecule has 138 valence electrons. The van der Waals surface area contributed by atoms with Gasteiger partial charge in [0.2, 0.25) is 5.78 Å². The van der Waals surface area contributed by atoms with Crippen LogP contribution in [0.5, 0.6) is 5.75 Å². The zero-order valence-corrected chi connectivity index (χ0v) is 15.8. The lowest BCUT2D eigenvalue weighted by molar-refractivity contribution is -0.385. The van der Waals surface area contributed by atoms with E-state index >= 15 is 0 Å². The second-order valence-corrected chi connectivity index (χ2v) is 6.20. The summed E-state index contributed by atoms with van der Waals surface area (Å²) in [4.78, 5) is 39.3. The number of amides is 1. The van der Waals surface area contributed by atoms with Gasteiger partial charge in [0, 0.05) is 30.4 Å². The molecule has 0 unspecified atom stereocenters. The van der Waals surface area contributed by atoms with Gasteiger partial charge in [-0.25, -0.2) is 4.98 Å². The predicted molar refractivity (Wildman–Crippen MR) is 99.4 cm³/mol. The van der Waals surface area contributed by atoms with Crippen molar-refractivity contribution < 1.29 is 19.2 Å². The van der Waals surface area contributed by atoms with Crippen LogP contribution >= 0.6 is 15.9 Å². The van der Waals surface area contributed by atoms with Gasteiger partial charge in [-0.05, 0) is 40.2 Å². The van der Waals surface area contributed by atoms with E-state index in [9.17, 15) is 19.7 Å². The number of carbonyl (C=O) groups is 2. The maximum absolute atomic E-state index is 12.9. The first-order valence-electron chi connectivity index (χ1n) is 7.64. The Balaban J connectivity index is 2.09.